The van der Waals surface area contributed by atoms with Crippen molar-refractivity contribution in [2.24, 2.45) is 11.8 Å². The number of nitrogens with two attached hydrogens (primary N) is 1. The third kappa shape index (κ3) is 2.80. The van der Waals surface area contributed by atoms with E-state index in [-0.39, 0.29) is 11.6 Å². The van der Waals surface area contributed by atoms with Gasteiger partial charge in [0.15, 0.2) is 0 Å². The zero-order chi connectivity index (χ0) is 14.9. The van der Waals surface area contributed by atoms with Crippen LogP contribution in [0.4, 0.5) is 0 Å². The number of hydrazine groups is 1. The summed E-state index contributed by atoms with van der Waals surface area (Å²) in [4.78, 5) is 0. The van der Waals surface area contributed by atoms with E-state index in [2.05, 4.69) is 24.5 Å². The summed E-state index contributed by atoms with van der Waals surface area (Å²) < 4.78 is 11.4. The maximum Gasteiger partial charge on any atom is 0.121 e. The van der Waals surface area contributed by atoms with Crippen molar-refractivity contribution in [1.82, 2.24) is 5.43 Å². The molecule has 1 saturated heterocycles. The number of hydrogen-bond acceptors (Lipinski definition) is 4. The van der Waals surface area contributed by atoms with Gasteiger partial charge in [0.05, 0.1) is 12.7 Å². The molecular weight excluding hydrogens is 264 g/mol. The first-order chi connectivity index (χ1) is 10.2. The van der Waals surface area contributed by atoms with E-state index >= 15 is 0 Å². The van der Waals surface area contributed by atoms with Gasteiger partial charge in [-0.2, -0.15) is 0 Å². The van der Waals surface area contributed by atoms with Crippen LogP contribution in [-0.4, -0.2) is 19.3 Å². The highest BCUT2D eigenvalue weighted by molar-refractivity contribution is 5.37. The summed E-state index contributed by atoms with van der Waals surface area (Å²) in [6.07, 6.45) is 5.91. The van der Waals surface area contributed by atoms with E-state index in [0.29, 0.717) is 5.92 Å². The van der Waals surface area contributed by atoms with Crippen LogP contribution in [0.5, 0.6) is 5.75 Å². The molecule has 1 aromatic rings. The molecule has 116 valence electrons. The molecule has 1 aromatic carbocycles. The molecule has 0 radical (unpaired) electrons. The van der Waals surface area contributed by atoms with Crippen LogP contribution in [0.15, 0.2) is 18.2 Å². The van der Waals surface area contributed by atoms with Gasteiger partial charge in [-0.05, 0) is 62.1 Å². The van der Waals surface area contributed by atoms with Gasteiger partial charge in [-0.1, -0.05) is 12.1 Å². The predicted molar refractivity (Wildman–Crippen MR) is 83.1 cm³/mol. The largest absolute Gasteiger partial charge is 0.496 e. The first-order valence-electron chi connectivity index (χ1n) is 7.92. The van der Waals surface area contributed by atoms with Crippen molar-refractivity contribution >= 4 is 0 Å². The average Bonchev–Trinajstić information content (AvgIpc) is 2.47. The molecule has 3 N–H and O–H groups in total. The van der Waals surface area contributed by atoms with Crippen molar-refractivity contribution in [3.8, 4) is 5.75 Å². The highest BCUT2D eigenvalue weighted by Gasteiger charge is 2.44. The number of nitrogens with one attached hydrogen (secondary N) is 1. The number of rotatable bonds is 4. The maximum absolute atomic E-state index is 6.03. The number of aryl methyl sites for hydroxylation is 1. The smallest absolute Gasteiger partial charge is 0.121 e. The lowest BCUT2D eigenvalue weighted by Crippen LogP contribution is -2.48. The highest BCUT2D eigenvalue weighted by atomic mass is 16.5. The van der Waals surface area contributed by atoms with Crippen molar-refractivity contribution in [2.75, 3.05) is 13.7 Å². The van der Waals surface area contributed by atoms with E-state index in [9.17, 15) is 0 Å². The number of benzene rings is 1. The molecule has 1 spiro atoms. The van der Waals surface area contributed by atoms with Gasteiger partial charge in [-0.3, -0.25) is 11.3 Å². The minimum absolute atomic E-state index is 0.152. The SMILES string of the molecule is COc1ccc(C(NN)C2CCOC3(CCC3)C2)cc1C. The Morgan fingerprint density at radius 2 is 2.24 bits per heavy atom. The van der Waals surface area contributed by atoms with Crippen LogP contribution in [0, 0.1) is 12.8 Å². The second-order valence-corrected chi connectivity index (χ2v) is 6.51. The standard InChI is InChI=1S/C17H26N2O2/c1-12-10-13(4-5-15(12)20-2)16(19-18)14-6-9-21-17(11-14)7-3-8-17/h4-5,10,14,16,19H,3,6-9,11,18H2,1-2H3. The third-order valence-electron chi connectivity index (χ3n) is 5.22. The van der Waals surface area contributed by atoms with E-state index in [1.807, 2.05) is 6.07 Å². The fraction of sp³-hybridized carbons (Fsp3) is 0.647. The molecule has 1 aliphatic heterocycles. The van der Waals surface area contributed by atoms with Gasteiger partial charge in [0.25, 0.3) is 0 Å². The van der Waals surface area contributed by atoms with Crippen molar-refractivity contribution in [3.05, 3.63) is 29.3 Å². The first kappa shape index (κ1) is 14.8. The van der Waals surface area contributed by atoms with Gasteiger partial charge < -0.3 is 9.47 Å². The molecule has 4 heteroatoms. The number of hydrogen-bond donors (Lipinski definition) is 2. The van der Waals surface area contributed by atoms with Crippen LogP contribution in [-0.2, 0) is 4.74 Å². The molecule has 1 aliphatic carbocycles. The van der Waals surface area contributed by atoms with Crippen molar-refractivity contribution in [2.45, 2.75) is 50.7 Å². The van der Waals surface area contributed by atoms with Crippen LogP contribution < -0.4 is 16.0 Å². The van der Waals surface area contributed by atoms with E-state index in [1.54, 1.807) is 7.11 Å². The van der Waals surface area contributed by atoms with Crippen LogP contribution in [0.2, 0.25) is 0 Å². The minimum atomic E-state index is 0.152. The van der Waals surface area contributed by atoms with Gasteiger partial charge in [0.1, 0.15) is 5.75 Å². The summed E-state index contributed by atoms with van der Waals surface area (Å²) in [5.74, 6) is 7.35. The molecule has 4 nitrogen and oxygen atoms in total. The van der Waals surface area contributed by atoms with Gasteiger partial charge >= 0.3 is 0 Å². The predicted octanol–water partition coefficient (Wildman–Crippen LogP) is 2.86. The zero-order valence-corrected chi connectivity index (χ0v) is 13.0. The molecule has 2 aliphatic rings. The second-order valence-electron chi connectivity index (χ2n) is 6.51. The van der Waals surface area contributed by atoms with Crippen LogP contribution >= 0.6 is 0 Å². The number of methoxy groups -OCH3 is 1. The molecule has 0 bridgehead atoms. The van der Waals surface area contributed by atoms with Gasteiger partial charge in [-0.15, -0.1) is 0 Å². The van der Waals surface area contributed by atoms with Crippen molar-refractivity contribution < 1.29 is 9.47 Å². The fourth-order valence-electron chi connectivity index (χ4n) is 3.87. The maximum atomic E-state index is 6.03. The third-order valence-corrected chi connectivity index (χ3v) is 5.22. The Morgan fingerprint density at radius 3 is 2.81 bits per heavy atom. The molecule has 21 heavy (non-hydrogen) atoms. The summed E-state index contributed by atoms with van der Waals surface area (Å²) in [5.41, 5.74) is 5.60. The Labute approximate surface area is 127 Å². The summed E-state index contributed by atoms with van der Waals surface area (Å²) in [5, 5.41) is 0. The lowest BCUT2D eigenvalue weighted by Gasteiger charge is -2.48. The molecular formula is C17H26N2O2. The molecule has 0 amide bonds. The van der Waals surface area contributed by atoms with Gasteiger partial charge in [0.2, 0.25) is 0 Å². The lowest BCUT2D eigenvalue weighted by molar-refractivity contribution is -0.147. The van der Waals surface area contributed by atoms with Gasteiger partial charge in [-0.25, -0.2) is 0 Å². The van der Waals surface area contributed by atoms with E-state index in [1.165, 1.54) is 24.8 Å². The molecule has 2 fully saturated rings. The quantitative estimate of drug-likeness (QED) is 0.661. The van der Waals surface area contributed by atoms with E-state index in [4.69, 9.17) is 15.3 Å². The highest BCUT2D eigenvalue weighted by Crippen LogP contribution is 2.47. The molecule has 1 saturated carbocycles. The Bertz CT molecular complexity index is 500. The van der Waals surface area contributed by atoms with Crippen molar-refractivity contribution in [3.63, 3.8) is 0 Å². The van der Waals surface area contributed by atoms with Crippen molar-refractivity contribution in [1.29, 1.82) is 0 Å². The normalized spacial score (nSPS) is 25.4. The second kappa shape index (κ2) is 5.95. The lowest BCUT2D eigenvalue weighted by atomic mass is 9.69. The summed E-state index contributed by atoms with van der Waals surface area (Å²) in [7, 11) is 1.71. The molecule has 0 aromatic heterocycles. The van der Waals surface area contributed by atoms with Crippen LogP contribution in [0.1, 0.15) is 49.3 Å². The first-order valence-corrected chi connectivity index (χ1v) is 7.92. The van der Waals surface area contributed by atoms with Crippen LogP contribution in [0.25, 0.3) is 0 Å². The Morgan fingerprint density at radius 1 is 1.43 bits per heavy atom. The number of ether oxygens (including phenoxy) is 2. The van der Waals surface area contributed by atoms with E-state index < -0.39 is 0 Å². The Kier molecular flexibility index (Phi) is 4.20. The summed E-state index contributed by atoms with van der Waals surface area (Å²) >= 11 is 0. The zero-order valence-electron chi connectivity index (χ0n) is 13.0. The van der Waals surface area contributed by atoms with Crippen LogP contribution in [0.3, 0.4) is 0 Å². The minimum Gasteiger partial charge on any atom is -0.496 e. The topological polar surface area (TPSA) is 56.5 Å². The molecule has 1 heterocycles. The van der Waals surface area contributed by atoms with E-state index in [0.717, 1.165) is 30.8 Å². The van der Waals surface area contributed by atoms with Gasteiger partial charge in [0, 0.05) is 12.6 Å². The molecule has 2 atom stereocenters. The Hall–Kier alpha value is -1.10. The molecule has 3 rings (SSSR count). The average molecular weight is 290 g/mol. The Balaban J connectivity index is 1.79. The summed E-state index contributed by atoms with van der Waals surface area (Å²) in [6, 6.07) is 6.54. The fourth-order valence-corrected chi connectivity index (χ4v) is 3.87. The molecule has 2 unspecified atom stereocenters. The summed E-state index contributed by atoms with van der Waals surface area (Å²) in [6.45, 7) is 2.94. The monoisotopic (exact) mass is 290 g/mol.